The van der Waals surface area contributed by atoms with Crippen LogP contribution in [0, 0.1) is 11.7 Å². The molecule has 1 fully saturated rings. The first-order chi connectivity index (χ1) is 9.24. The second kappa shape index (κ2) is 4.84. The van der Waals surface area contributed by atoms with Gasteiger partial charge in [0.2, 0.25) is 5.91 Å². The molecule has 1 aromatic heterocycles. The predicted molar refractivity (Wildman–Crippen MR) is 67.9 cm³/mol. The zero-order chi connectivity index (χ0) is 13.2. The van der Waals surface area contributed by atoms with Gasteiger partial charge in [-0.15, -0.1) is 0 Å². The number of carbonyl (C=O) groups excluding carboxylic acids is 1. The van der Waals surface area contributed by atoms with Gasteiger partial charge in [-0.1, -0.05) is 12.1 Å². The van der Waals surface area contributed by atoms with Crippen molar-refractivity contribution in [2.45, 2.75) is 12.5 Å². The van der Waals surface area contributed by atoms with E-state index >= 15 is 0 Å². The summed E-state index contributed by atoms with van der Waals surface area (Å²) in [7, 11) is 0. The lowest BCUT2D eigenvalue weighted by molar-refractivity contribution is -0.119. The highest BCUT2D eigenvalue weighted by Gasteiger charge is 2.31. The molecule has 0 saturated carbocycles. The first-order valence-electron chi connectivity index (χ1n) is 6.23. The van der Waals surface area contributed by atoms with Crippen molar-refractivity contribution >= 4 is 5.91 Å². The second-order valence-electron chi connectivity index (χ2n) is 4.78. The molecule has 0 bridgehead atoms. The van der Waals surface area contributed by atoms with Gasteiger partial charge in [-0.2, -0.15) is 0 Å². The Hall–Kier alpha value is -2.17. The van der Waals surface area contributed by atoms with Gasteiger partial charge >= 0.3 is 0 Å². The molecule has 1 aromatic carbocycles. The van der Waals surface area contributed by atoms with E-state index in [4.69, 9.17) is 0 Å². The summed E-state index contributed by atoms with van der Waals surface area (Å²) in [5.41, 5.74) is 0.861. The number of nitrogens with one attached hydrogen (secondary N) is 1. The van der Waals surface area contributed by atoms with Crippen molar-refractivity contribution in [2.75, 3.05) is 6.54 Å². The standard InChI is InChI=1S/C14H14FN3O/c15-12-3-1-2-10(6-12)14(18-5-4-16-9-18)11-7-13(19)17-8-11/h1-6,9,11,14H,7-8H2,(H,17,19). The third-order valence-corrected chi connectivity index (χ3v) is 3.49. The molecule has 1 amide bonds. The van der Waals surface area contributed by atoms with Crippen molar-refractivity contribution in [3.05, 3.63) is 54.4 Å². The quantitative estimate of drug-likeness (QED) is 0.912. The fraction of sp³-hybridized carbons (Fsp3) is 0.286. The molecule has 0 radical (unpaired) electrons. The van der Waals surface area contributed by atoms with E-state index < -0.39 is 0 Å². The molecule has 1 N–H and O–H groups in total. The van der Waals surface area contributed by atoms with E-state index in [0.29, 0.717) is 13.0 Å². The van der Waals surface area contributed by atoms with Gasteiger partial charge in [-0.3, -0.25) is 4.79 Å². The van der Waals surface area contributed by atoms with Crippen molar-refractivity contribution in [3.8, 4) is 0 Å². The Bertz CT molecular complexity index is 582. The summed E-state index contributed by atoms with van der Waals surface area (Å²) in [6.07, 6.45) is 5.70. The monoisotopic (exact) mass is 259 g/mol. The molecule has 2 aromatic rings. The molecule has 2 unspecified atom stereocenters. The highest BCUT2D eigenvalue weighted by molar-refractivity contribution is 5.78. The molecule has 1 aliphatic rings. The lowest BCUT2D eigenvalue weighted by atomic mass is 9.92. The number of rotatable bonds is 3. The normalized spacial score (nSPS) is 20.3. The van der Waals surface area contributed by atoms with E-state index in [2.05, 4.69) is 10.3 Å². The molecule has 1 aliphatic heterocycles. The smallest absolute Gasteiger partial charge is 0.220 e. The van der Waals surface area contributed by atoms with Gasteiger partial charge in [-0.25, -0.2) is 9.37 Å². The van der Waals surface area contributed by atoms with Gasteiger partial charge in [0, 0.05) is 31.3 Å². The third-order valence-electron chi connectivity index (χ3n) is 3.49. The van der Waals surface area contributed by atoms with Gasteiger partial charge in [-0.05, 0) is 17.7 Å². The van der Waals surface area contributed by atoms with Crippen molar-refractivity contribution < 1.29 is 9.18 Å². The van der Waals surface area contributed by atoms with Crippen LogP contribution in [0.25, 0.3) is 0 Å². The van der Waals surface area contributed by atoms with Crippen LogP contribution in [-0.4, -0.2) is 22.0 Å². The summed E-state index contributed by atoms with van der Waals surface area (Å²) in [5, 5.41) is 2.83. The van der Waals surface area contributed by atoms with Gasteiger partial charge in [0.15, 0.2) is 0 Å². The zero-order valence-electron chi connectivity index (χ0n) is 10.3. The molecular weight excluding hydrogens is 245 g/mol. The average Bonchev–Trinajstić information content (AvgIpc) is 3.02. The highest BCUT2D eigenvalue weighted by Crippen LogP contribution is 2.31. The van der Waals surface area contributed by atoms with Crippen molar-refractivity contribution in [1.82, 2.24) is 14.9 Å². The summed E-state index contributed by atoms with van der Waals surface area (Å²) >= 11 is 0. The summed E-state index contributed by atoms with van der Waals surface area (Å²) in [6, 6.07) is 6.45. The molecule has 4 nitrogen and oxygen atoms in total. The van der Waals surface area contributed by atoms with E-state index in [1.54, 1.807) is 18.6 Å². The number of carbonyl (C=O) groups is 1. The predicted octanol–water partition coefficient (Wildman–Crippen LogP) is 1.75. The molecule has 0 aliphatic carbocycles. The Morgan fingerprint density at radius 1 is 1.47 bits per heavy atom. The second-order valence-corrected chi connectivity index (χ2v) is 4.78. The van der Waals surface area contributed by atoms with Crippen LogP contribution in [0.15, 0.2) is 43.0 Å². The van der Waals surface area contributed by atoms with E-state index in [1.165, 1.54) is 12.1 Å². The molecule has 98 valence electrons. The summed E-state index contributed by atoms with van der Waals surface area (Å²) in [6.45, 7) is 0.609. The largest absolute Gasteiger partial charge is 0.356 e. The Labute approximate surface area is 110 Å². The Balaban J connectivity index is 1.99. The third kappa shape index (κ3) is 2.36. The van der Waals surface area contributed by atoms with Crippen molar-refractivity contribution in [3.63, 3.8) is 0 Å². The summed E-state index contributed by atoms with van der Waals surface area (Å²) in [5.74, 6) is -0.102. The molecule has 1 saturated heterocycles. The van der Waals surface area contributed by atoms with Gasteiger partial charge in [0.1, 0.15) is 5.82 Å². The van der Waals surface area contributed by atoms with E-state index in [-0.39, 0.29) is 23.7 Å². The average molecular weight is 259 g/mol. The number of hydrogen-bond donors (Lipinski definition) is 1. The van der Waals surface area contributed by atoms with Crippen LogP contribution in [0.2, 0.25) is 0 Å². The summed E-state index contributed by atoms with van der Waals surface area (Å²) in [4.78, 5) is 15.5. The lowest BCUT2D eigenvalue weighted by Crippen LogP contribution is -2.22. The molecular formula is C14H14FN3O. The van der Waals surface area contributed by atoms with Crippen LogP contribution in [0.5, 0.6) is 0 Å². The maximum absolute atomic E-state index is 13.4. The fourth-order valence-corrected chi connectivity index (χ4v) is 2.66. The number of benzene rings is 1. The molecule has 0 spiro atoms. The van der Waals surface area contributed by atoms with Crippen molar-refractivity contribution in [2.24, 2.45) is 5.92 Å². The fourth-order valence-electron chi connectivity index (χ4n) is 2.66. The molecule has 2 atom stereocenters. The molecule has 19 heavy (non-hydrogen) atoms. The van der Waals surface area contributed by atoms with E-state index in [0.717, 1.165) is 5.56 Å². The molecule has 2 heterocycles. The first-order valence-corrected chi connectivity index (χ1v) is 6.23. The van der Waals surface area contributed by atoms with E-state index in [9.17, 15) is 9.18 Å². The maximum Gasteiger partial charge on any atom is 0.220 e. The molecule has 5 heteroatoms. The van der Waals surface area contributed by atoms with Crippen LogP contribution in [0.4, 0.5) is 4.39 Å². The minimum atomic E-state index is -0.264. The Morgan fingerprint density at radius 2 is 2.37 bits per heavy atom. The number of halogens is 1. The Kier molecular flexibility index (Phi) is 3.03. The lowest BCUT2D eigenvalue weighted by Gasteiger charge is -2.24. The number of amides is 1. The van der Waals surface area contributed by atoms with Crippen LogP contribution in [-0.2, 0) is 4.79 Å². The zero-order valence-corrected chi connectivity index (χ0v) is 10.3. The van der Waals surface area contributed by atoms with Gasteiger partial charge in [0.05, 0.1) is 12.4 Å². The van der Waals surface area contributed by atoms with Crippen LogP contribution < -0.4 is 5.32 Å². The topological polar surface area (TPSA) is 46.9 Å². The van der Waals surface area contributed by atoms with Crippen molar-refractivity contribution in [1.29, 1.82) is 0 Å². The minimum Gasteiger partial charge on any atom is -0.356 e. The first kappa shape index (κ1) is 11.9. The van der Waals surface area contributed by atoms with Crippen LogP contribution >= 0.6 is 0 Å². The van der Waals surface area contributed by atoms with Gasteiger partial charge in [0.25, 0.3) is 0 Å². The number of imidazole rings is 1. The van der Waals surface area contributed by atoms with Gasteiger partial charge < -0.3 is 9.88 Å². The minimum absolute atomic E-state index is 0.0477. The van der Waals surface area contributed by atoms with E-state index in [1.807, 2.05) is 16.8 Å². The SMILES string of the molecule is O=C1CC(C(c2cccc(F)c2)n2ccnc2)CN1. The summed E-state index contributed by atoms with van der Waals surface area (Å²) < 4.78 is 15.4. The number of aromatic nitrogens is 2. The number of nitrogens with zero attached hydrogens (tertiary/aromatic N) is 2. The maximum atomic E-state index is 13.4. The highest BCUT2D eigenvalue weighted by atomic mass is 19.1. The van der Waals surface area contributed by atoms with Crippen LogP contribution in [0.3, 0.4) is 0 Å². The number of hydrogen-bond acceptors (Lipinski definition) is 2. The van der Waals surface area contributed by atoms with Crippen LogP contribution in [0.1, 0.15) is 18.0 Å². The Morgan fingerprint density at radius 3 is 3.00 bits per heavy atom. The molecule has 3 rings (SSSR count).